The zero-order chi connectivity index (χ0) is 24.0. The molecule has 0 radical (unpaired) electrons. The van der Waals surface area contributed by atoms with Crippen LogP contribution in [-0.4, -0.2) is 51.0 Å². The maximum absolute atomic E-state index is 14.3. The summed E-state index contributed by atoms with van der Waals surface area (Å²) in [6, 6.07) is 7.30. The normalized spacial score (nSPS) is 24.5. The lowest BCUT2D eigenvalue weighted by molar-refractivity contribution is 0.0692. The summed E-state index contributed by atoms with van der Waals surface area (Å²) in [5, 5.41) is 10.1. The van der Waals surface area contributed by atoms with E-state index in [2.05, 4.69) is 11.8 Å². The lowest BCUT2D eigenvalue weighted by atomic mass is 9.90. The summed E-state index contributed by atoms with van der Waals surface area (Å²) < 4.78 is 46.1. The summed E-state index contributed by atoms with van der Waals surface area (Å²) in [5.41, 5.74) is 1.47. The molecule has 4 atom stereocenters. The van der Waals surface area contributed by atoms with Crippen molar-refractivity contribution in [3.63, 3.8) is 0 Å². The third kappa shape index (κ3) is 4.32. The second-order valence-corrected chi connectivity index (χ2v) is 10.3. The topological polar surface area (TPSA) is 93.1 Å². The standard InChI is InChI=1S/C25H29FN2O5S/c1-2-27-9-3-4-15(13-27)10-16-11-18(26)5-7-21(16)28(34(31)32)22-8-6-19-20-12-17(20)14-33-24(19)23(22)25(29)30/h5-8,11,15,17,20H,2-4,9-10,12-14H2,1H3,(H,29,30)(H,31,32)/p-1/t15-,17-,20-/m0/s1. The highest BCUT2D eigenvalue weighted by Gasteiger charge is 2.45. The van der Waals surface area contributed by atoms with E-state index < -0.39 is 23.1 Å². The van der Waals surface area contributed by atoms with E-state index in [0.29, 0.717) is 24.5 Å². The van der Waals surface area contributed by atoms with Crippen LogP contribution in [-0.2, 0) is 17.7 Å². The molecule has 2 aromatic rings. The molecule has 0 spiro atoms. The minimum atomic E-state index is -2.83. The molecule has 0 aromatic heterocycles. The Morgan fingerprint density at radius 1 is 1.32 bits per heavy atom. The molecule has 0 amide bonds. The van der Waals surface area contributed by atoms with Crippen LogP contribution in [0.15, 0.2) is 30.3 Å². The number of anilines is 2. The summed E-state index contributed by atoms with van der Waals surface area (Å²) in [7, 11) is 0. The van der Waals surface area contributed by atoms with Gasteiger partial charge in [-0.05, 0) is 86.0 Å². The van der Waals surface area contributed by atoms with Crippen molar-refractivity contribution in [3.05, 3.63) is 52.8 Å². The molecule has 1 saturated heterocycles. The van der Waals surface area contributed by atoms with Crippen molar-refractivity contribution in [2.24, 2.45) is 11.8 Å². The second kappa shape index (κ2) is 9.28. The Balaban J connectivity index is 1.57. The molecule has 9 heteroatoms. The molecule has 34 heavy (non-hydrogen) atoms. The van der Waals surface area contributed by atoms with E-state index in [1.165, 1.54) is 24.3 Å². The number of carbonyl (C=O) groups is 1. The zero-order valence-corrected chi connectivity index (χ0v) is 19.9. The van der Waals surface area contributed by atoms with Gasteiger partial charge < -0.3 is 19.3 Å². The molecule has 1 saturated carbocycles. The Kier molecular flexibility index (Phi) is 6.35. The van der Waals surface area contributed by atoms with Crippen LogP contribution >= 0.6 is 0 Å². The fourth-order valence-electron chi connectivity index (χ4n) is 5.54. The Morgan fingerprint density at radius 3 is 2.85 bits per heavy atom. The number of benzene rings is 2. The van der Waals surface area contributed by atoms with Crippen molar-refractivity contribution >= 4 is 28.6 Å². The summed E-state index contributed by atoms with van der Waals surface area (Å²) in [5.74, 6) is -0.549. The maximum atomic E-state index is 14.3. The number of carboxylic acid groups (broad SMARTS) is 1. The van der Waals surface area contributed by atoms with Crippen LogP contribution in [0.2, 0.25) is 0 Å². The fraction of sp³-hybridized carbons (Fsp3) is 0.480. The SMILES string of the molecule is CCN1CCC[C@@H](Cc2cc(F)ccc2N(c2ccc3c(c2C(=O)O)OC[C@@H]2C[C@H]32)S(=O)[O-])C1. The van der Waals surface area contributed by atoms with Crippen molar-refractivity contribution in [3.8, 4) is 5.75 Å². The molecule has 1 aliphatic carbocycles. The smallest absolute Gasteiger partial charge is 0.341 e. The molecule has 1 N–H and O–H groups in total. The minimum absolute atomic E-state index is 0.00497. The van der Waals surface area contributed by atoms with E-state index in [0.717, 1.165) is 48.8 Å². The average molecular weight is 488 g/mol. The quantitative estimate of drug-likeness (QED) is 0.588. The highest BCUT2D eigenvalue weighted by Crippen LogP contribution is 2.56. The largest absolute Gasteiger partial charge is 0.755 e. The van der Waals surface area contributed by atoms with Gasteiger partial charge in [-0.1, -0.05) is 13.0 Å². The first-order chi connectivity index (χ1) is 16.4. The van der Waals surface area contributed by atoms with Crippen LogP contribution < -0.4 is 9.04 Å². The molecular formula is C25H28FN2O5S-. The van der Waals surface area contributed by atoms with Gasteiger partial charge in [0, 0.05) is 12.5 Å². The average Bonchev–Trinajstić information content (AvgIpc) is 3.60. The van der Waals surface area contributed by atoms with Gasteiger partial charge in [0.15, 0.2) is 0 Å². The highest BCUT2D eigenvalue weighted by atomic mass is 32.2. The number of fused-ring (bicyclic) bond motifs is 3. The molecule has 7 nitrogen and oxygen atoms in total. The molecule has 2 fully saturated rings. The Labute approximate surface area is 200 Å². The first-order valence-electron chi connectivity index (χ1n) is 11.8. The van der Waals surface area contributed by atoms with E-state index in [-0.39, 0.29) is 34.5 Å². The Bertz CT molecular complexity index is 1140. The molecular weight excluding hydrogens is 459 g/mol. The van der Waals surface area contributed by atoms with Crippen LogP contribution in [0.1, 0.15) is 53.6 Å². The summed E-state index contributed by atoms with van der Waals surface area (Å²) in [4.78, 5) is 14.7. The van der Waals surface area contributed by atoms with Gasteiger partial charge in [-0.3, -0.25) is 8.51 Å². The fourth-order valence-corrected chi connectivity index (χ4v) is 6.19. The number of rotatable bonds is 7. The third-order valence-electron chi connectivity index (χ3n) is 7.33. The lowest BCUT2D eigenvalue weighted by Crippen LogP contribution is -2.36. The summed E-state index contributed by atoms with van der Waals surface area (Å²) >= 11 is -2.83. The van der Waals surface area contributed by atoms with E-state index in [1.807, 2.05) is 0 Å². The van der Waals surface area contributed by atoms with Gasteiger partial charge in [0.25, 0.3) is 0 Å². The first kappa shape index (κ1) is 23.3. The van der Waals surface area contributed by atoms with Gasteiger partial charge in [0.05, 0.1) is 29.2 Å². The van der Waals surface area contributed by atoms with Crippen LogP contribution in [0.4, 0.5) is 15.8 Å². The van der Waals surface area contributed by atoms with Crippen molar-refractivity contribution in [1.29, 1.82) is 0 Å². The molecule has 1 unspecified atom stereocenters. The van der Waals surface area contributed by atoms with Crippen LogP contribution in [0.25, 0.3) is 0 Å². The third-order valence-corrected chi connectivity index (χ3v) is 8.02. The predicted molar refractivity (Wildman–Crippen MR) is 126 cm³/mol. The van der Waals surface area contributed by atoms with Crippen LogP contribution in [0, 0.1) is 17.7 Å². The van der Waals surface area contributed by atoms with Gasteiger partial charge in [-0.25, -0.2) is 9.18 Å². The predicted octanol–water partition coefficient (Wildman–Crippen LogP) is 4.23. The van der Waals surface area contributed by atoms with Gasteiger partial charge in [-0.15, -0.1) is 0 Å². The number of carboxylic acids is 1. The molecule has 2 heterocycles. The van der Waals surface area contributed by atoms with Crippen molar-refractivity contribution in [1.82, 2.24) is 4.90 Å². The lowest BCUT2D eigenvalue weighted by Gasteiger charge is -2.34. The highest BCUT2D eigenvalue weighted by molar-refractivity contribution is 7.81. The number of likely N-dealkylation sites (tertiary alicyclic amines) is 1. The van der Waals surface area contributed by atoms with Gasteiger partial charge >= 0.3 is 5.97 Å². The van der Waals surface area contributed by atoms with Gasteiger partial charge in [0.2, 0.25) is 0 Å². The van der Waals surface area contributed by atoms with E-state index in [1.54, 1.807) is 6.07 Å². The number of hydrogen-bond acceptors (Lipinski definition) is 5. The number of halogens is 1. The number of hydrogen-bond donors (Lipinski definition) is 1. The van der Waals surface area contributed by atoms with Crippen LogP contribution in [0.3, 0.4) is 0 Å². The minimum Gasteiger partial charge on any atom is -0.755 e. The number of aromatic carboxylic acids is 1. The molecule has 0 bridgehead atoms. The number of ether oxygens (including phenoxy) is 1. The van der Waals surface area contributed by atoms with Crippen molar-refractivity contribution < 1.29 is 27.8 Å². The monoisotopic (exact) mass is 487 g/mol. The Morgan fingerprint density at radius 2 is 2.12 bits per heavy atom. The molecule has 182 valence electrons. The molecule has 5 rings (SSSR count). The molecule has 2 aliphatic heterocycles. The van der Waals surface area contributed by atoms with Crippen molar-refractivity contribution in [2.45, 2.75) is 38.5 Å². The zero-order valence-electron chi connectivity index (χ0n) is 19.0. The van der Waals surface area contributed by atoms with E-state index in [9.17, 15) is 23.1 Å². The molecule has 2 aromatic carbocycles. The second-order valence-electron chi connectivity index (χ2n) is 9.49. The van der Waals surface area contributed by atoms with Crippen LogP contribution in [0.5, 0.6) is 5.75 Å². The van der Waals surface area contributed by atoms with E-state index >= 15 is 0 Å². The number of nitrogens with zero attached hydrogens (tertiary/aromatic N) is 2. The van der Waals surface area contributed by atoms with E-state index in [4.69, 9.17) is 4.74 Å². The van der Waals surface area contributed by atoms with Crippen molar-refractivity contribution in [2.75, 3.05) is 30.5 Å². The van der Waals surface area contributed by atoms with Gasteiger partial charge in [-0.2, -0.15) is 0 Å². The first-order valence-corrected chi connectivity index (χ1v) is 12.8. The summed E-state index contributed by atoms with van der Waals surface area (Å²) in [6.45, 7) is 5.36. The molecule has 3 aliphatic rings. The number of piperidine rings is 1. The maximum Gasteiger partial charge on any atom is 0.341 e. The summed E-state index contributed by atoms with van der Waals surface area (Å²) in [6.07, 6.45) is 3.46. The Hall–Kier alpha value is -2.49. The van der Waals surface area contributed by atoms with Gasteiger partial charge in [0.1, 0.15) is 17.1 Å².